The molecule has 0 atom stereocenters. The maximum Gasteiger partial charge on any atom is 0.432 e. The predicted molar refractivity (Wildman–Crippen MR) is 32.1 cm³/mol. The van der Waals surface area contributed by atoms with E-state index in [1.54, 1.807) is 0 Å². The molecule has 7 heavy (non-hydrogen) atoms. The van der Waals surface area contributed by atoms with Crippen LogP contribution in [-0.4, -0.2) is 17.7 Å². The van der Waals surface area contributed by atoms with E-state index in [0.717, 1.165) is 0 Å². The van der Waals surface area contributed by atoms with Gasteiger partial charge in [0.1, 0.15) is 0 Å². The van der Waals surface area contributed by atoms with Gasteiger partial charge in [-0.15, -0.1) is 0 Å². The van der Waals surface area contributed by atoms with E-state index in [4.69, 9.17) is 10.0 Å². The van der Waals surface area contributed by atoms with E-state index in [1.165, 1.54) is 0 Å². The fourth-order valence-electron chi connectivity index (χ4n) is 0. The van der Waals surface area contributed by atoms with Gasteiger partial charge in [0, 0.05) is 0 Å². The lowest BCUT2D eigenvalue weighted by Crippen LogP contribution is -1.75. The van der Waals surface area contributed by atoms with Gasteiger partial charge in [0.05, 0.1) is 0 Å². The molecule has 0 aromatic rings. The average molecular weight is 102 g/mol. The van der Waals surface area contributed by atoms with Gasteiger partial charge in [-0.3, -0.25) is 0 Å². The smallest absolute Gasteiger partial charge is 0.430 e. The second kappa shape index (κ2) is 17.2. The molecule has 42 valence electrons. The second-order valence-corrected chi connectivity index (χ2v) is 0.808. The fourth-order valence-corrected chi connectivity index (χ4v) is 0. The van der Waals surface area contributed by atoms with Crippen LogP contribution in [0.15, 0.2) is 12.2 Å². The van der Waals surface area contributed by atoms with Crippen LogP contribution < -0.4 is 0 Å². The Labute approximate surface area is 44.8 Å². The zero-order chi connectivity index (χ0) is 6.12. The van der Waals surface area contributed by atoms with Gasteiger partial charge in [-0.2, -0.15) is 0 Å². The Morgan fingerprint density at radius 2 is 1.29 bits per heavy atom. The van der Waals surface area contributed by atoms with Crippen molar-refractivity contribution in [1.82, 2.24) is 0 Å². The third-order valence-electron chi connectivity index (χ3n) is 0.333. The minimum atomic E-state index is -0.750. The summed E-state index contributed by atoms with van der Waals surface area (Å²) in [4.78, 5) is 0. The van der Waals surface area contributed by atoms with Crippen LogP contribution in [0.2, 0.25) is 0 Å². The summed E-state index contributed by atoms with van der Waals surface area (Å²) in [5.74, 6) is 0. The Hall–Kier alpha value is -0.275. The van der Waals surface area contributed by atoms with E-state index in [9.17, 15) is 0 Å². The molecule has 0 bridgehead atoms. The molecule has 0 amide bonds. The normalized spacial score (nSPS) is 7.43. The van der Waals surface area contributed by atoms with Crippen LogP contribution in [0.3, 0.4) is 0 Å². The number of hydrogen-bond donors (Lipinski definition) is 2. The number of rotatable bonds is 0. The maximum absolute atomic E-state index is 7.12. The third kappa shape index (κ3) is 151. The van der Waals surface area contributed by atoms with Gasteiger partial charge >= 0.3 is 7.69 Å². The largest absolute Gasteiger partial charge is 0.432 e. The molecule has 0 fully saturated rings. The van der Waals surface area contributed by atoms with Gasteiger partial charge < -0.3 is 10.0 Å². The molecule has 2 N–H and O–H groups in total. The minimum Gasteiger partial charge on any atom is -0.430 e. The Bertz CT molecular complexity index is 32.7. The molecule has 0 saturated carbocycles. The Balaban J connectivity index is 0. The number of hydrogen-bond acceptors (Lipinski definition) is 2. The lowest BCUT2D eigenvalue weighted by Gasteiger charge is -1.49. The fraction of sp³-hybridized carbons (Fsp3) is 0.500. The zero-order valence-electron chi connectivity index (χ0n) is 4.76. The van der Waals surface area contributed by atoms with Crippen LogP contribution in [0.1, 0.15) is 13.8 Å². The molecule has 0 radical (unpaired) electrons. The summed E-state index contributed by atoms with van der Waals surface area (Å²) in [6.45, 7) is 4.00. The molecule has 0 aromatic heterocycles. The maximum atomic E-state index is 7.12. The van der Waals surface area contributed by atoms with Crippen LogP contribution in [0.4, 0.5) is 0 Å². The molecule has 0 unspecified atom stereocenters. The molecule has 0 aliphatic heterocycles. The van der Waals surface area contributed by atoms with Crippen LogP contribution in [0, 0.1) is 0 Å². The summed E-state index contributed by atoms with van der Waals surface area (Å²) in [7, 11) is -0.750. The van der Waals surface area contributed by atoms with Crippen molar-refractivity contribution in [3.05, 3.63) is 12.2 Å². The summed E-state index contributed by atoms with van der Waals surface area (Å²) >= 11 is 0. The van der Waals surface area contributed by atoms with E-state index in [1.807, 2.05) is 26.0 Å². The average Bonchev–Trinajstić information content (AvgIpc) is 1.69. The van der Waals surface area contributed by atoms with Crippen LogP contribution >= 0.6 is 0 Å². The standard InChI is InChI=1S/C4H8.BH3O2/c1-3-4-2;2-1-3/h3-4H,1-2H3;1-3H. The Morgan fingerprint density at radius 3 is 1.29 bits per heavy atom. The lowest BCUT2D eigenvalue weighted by molar-refractivity contribution is 0.448. The van der Waals surface area contributed by atoms with Crippen LogP contribution in [0.25, 0.3) is 0 Å². The van der Waals surface area contributed by atoms with Gasteiger partial charge in [-0.1, -0.05) is 12.2 Å². The molecular weight excluding hydrogens is 90.9 g/mol. The molecule has 0 aromatic carbocycles. The quantitative estimate of drug-likeness (QED) is 0.329. The van der Waals surface area contributed by atoms with Crippen molar-refractivity contribution in [2.45, 2.75) is 13.8 Å². The predicted octanol–water partition coefficient (Wildman–Crippen LogP) is -0.180. The van der Waals surface area contributed by atoms with E-state index in [0.29, 0.717) is 0 Å². The molecule has 0 saturated heterocycles. The monoisotopic (exact) mass is 102 g/mol. The van der Waals surface area contributed by atoms with E-state index < -0.39 is 7.69 Å². The second-order valence-electron chi connectivity index (χ2n) is 0.808. The Kier molecular flexibility index (Phi) is 24.3. The van der Waals surface area contributed by atoms with E-state index in [2.05, 4.69) is 0 Å². The molecule has 0 aliphatic rings. The SMILES string of the molecule is CC=CC.OBO. The molecule has 2 nitrogen and oxygen atoms in total. The van der Waals surface area contributed by atoms with Crippen LogP contribution in [0.5, 0.6) is 0 Å². The van der Waals surface area contributed by atoms with Crippen molar-refractivity contribution >= 4 is 7.69 Å². The molecule has 0 spiro atoms. The summed E-state index contributed by atoms with van der Waals surface area (Å²) in [5.41, 5.74) is 0. The van der Waals surface area contributed by atoms with Crippen molar-refractivity contribution in [2.75, 3.05) is 0 Å². The summed E-state index contributed by atoms with van der Waals surface area (Å²) < 4.78 is 0. The summed E-state index contributed by atoms with van der Waals surface area (Å²) in [5, 5.41) is 14.2. The first-order valence-electron chi connectivity index (χ1n) is 2.12. The topological polar surface area (TPSA) is 40.5 Å². The van der Waals surface area contributed by atoms with Crippen molar-refractivity contribution in [2.24, 2.45) is 0 Å². The summed E-state index contributed by atoms with van der Waals surface area (Å²) in [6, 6.07) is 0. The van der Waals surface area contributed by atoms with Gasteiger partial charge in [-0.25, -0.2) is 0 Å². The van der Waals surface area contributed by atoms with E-state index >= 15 is 0 Å². The highest BCUT2D eigenvalue weighted by Crippen LogP contribution is 1.57. The van der Waals surface area contributed by atoms with Crippen molar-refractivity contribution in [3.63, 3.8) is 0 Å². The van der Waals surface area contributed by atoms with Crippen molar-refractivity contribution in [3.8, 4) is 0 Å². The Morgan fingerprint density at radius 1 is 1.14 bits per heavy atom. The van der Waals surface area contributed by atoms with Gasteiger partial charge in [0.25, 0.3) is 0 Å². The molecule has 0 heterocycles. The zero-order valence-corrected chi connectivity index (χ0v) is 4.76. The number of allylic oxidation sites excluding steroid dienone is 2. The molecular formula is C4H11BO2. The van der Waals surface area contributed by atoms with Crippen molar-refractivity contribution in [1.29, 1.82) is 0 Å². The highest BCUT2D eigenvalue weighted by atomic mass is 16.4. The molecule has 0 rings (SSSR count). The lowest BCUT2D eigenvalue weighted by atomic mass is 10.5. The summed E-state index contributed by atoms with van der Waals surface area (Å²) in [6.07, 6.45) is 4.00. The highest BCUT2D eigenvalue weighted by molar-refractivity contribution is 6.13. The first-order chi connectivity index (χ1) is 3.33. The first-order valence-corrected chi connectivity index (χ1v) is 2.12. The van der Waals surface area contributed by atoms with Crippen LogP contribution in [-0.2, 0) is 0 Å². The van der Waals surface area contributed by atoms with Gasteiger partial charge in [0.2, 0.25) is 0 Å². The van der Waals surface area contributed by atoms with Crippen molar-refractivity contribution < 1.29 is 10.0 Å². The molecule has 3 heteroatoms. The molecule has 0 aliphatic carbocycles. The third-order valence-corrected chi connectivity index (χ3v) is 0.333. The van der Waals surface area contributed by atoms with E-state index in [-0.39, 0.29) is 0 Å². The first kappa shape index (κ1) is 9.87. The minimum absolute atomic E-state index is 0.750. The highest BCUT2D eigenvalue weighted by Gasteiger charge is 1.48. The van der Waals surface area contributed by atoms with Gasteiger partial charge in [0.15, 0.2) is 0 Å². The van der Waals surface area contributed by atoms with Gasteiger partial charge in [-0.05, 0) is 13.8 Å².